The normalized spacial score (nSPS) is 14.1. The van der Waals surface area contributed by atoms with Gasteiger partial charge in [0.05, 0.1) is 0 Å². The van der Waals surface area contributed by atoms with E-state index in [1.54, 1.807) is 23.3 Å². The minimum atomic E-state index is -4.93. The zero-order chi connectivity index (χ0) is 12.3. The molecule has 0 saturated heterocycles. The molecular weight excluding hydrogens is 234 g/mol. The van der Waals surface area contributed by atoms with Crippen molar-refractivity contribution in [1.82, 2.24) is 4.90 Å². The summed E-state index contributed by atoms with van der Waals surface area (Å²) in [4.78, 5) is 2.72. The summed E-state index contributed by atoms with van der Waals surface area (Å²) < 4.78 is 37.1. The summed E-state index contributed by atoms with van der Waals surface area (Å²) in [6, 6.07) is 3.80. The SMILES string of the molecule is C=C(CN(C)C(C)c1cccs1)[B-](F)(F)F. The second-order valence-electron chi connectivity index (χ2n) is 3.84. The van der Waals surface area contributed by atoms with E-state index < -0.39 is 12.4 Å². The Bertz CT molecular complexity index is 347. The van der Waals surface area contributed by atoms with Crippen molar-refractivity contribution >= 4 is 18.3 Å². The Morgan fingerprint density at radius 1 is 1.56 bits per heavy atom. The average Bonchev–Trinajstić information content (AvgIpc) is 2.67. The average molecular weight is 248 g/mol. The number of thiophene rings is 1. The monoisotopic (exact) mass is 248 g/mol. The lowest BCUT2D eigenvalue weighted by molar-refractivity contribution is 0.286. The molecule has 1 unspecified atom stereocenters. The van der Waals surface area contributed by atoms with Crippen molar-refractivity contribution in [1.29, 1.82) is 0 Å². The van der Waals surface area contributed by atoms with Gasteiger partial charge in [-0.3, -0.25) is 4.90 Å². The number of nitrogens with zero attached hydrogens (tertiary/aromatic N) is 1. The lowest BCUT2D eigenvalue weighted by atomic mass is 9.80. The molecule has 0 saturated carbocycles. The minimum absolute atomic E-state index is 0.0186. The van der Waals surface area contributed by atoms with Gasteiger partial charge in [0.25, 0.3) is 0 Å². The predicted octanol–water partition coefficient (Wildman–Crippen LogP) is 3.68. The van der Waals surface area contributed by atoms with Crippen molar-refractivity contribution < 1.29 is 12.9 Å². The molecule has 1 aromatic rings. The number of likely N-dealkylation sites (N-methyl/N-ethyl adjacent to an activating group) is 1. The Kier molecular flexibility index (Phi) is 4.21. The first-order chi connectivity index (χ1) is 7.32. The summed E-state index contributed by atoms with van der Waals surface area (Å²) in [6.45, 7) is -0.0761. The topological polar surface area (TPSA) is 3.24 Å². The van der Waals surface area contributed by atoms with Crippen molar-refractivity contribution in [2.75, 3.05) is 13.6 Å². The molecule has 0 aromatic carbocycles. The van der Waals surface area contributed by atoms with Crippen LogP contribution in [0.2, 0.25) is 0 Å². The van der Waals surface area contributed by atoms with Gasteiger partial charge in [0.15, 0.2) is 0 Å². The van der Waals surface area contributed by atoms with Crippen molar-refractivity contribution in [3.8, 4) is 0 Å². The van der Waals surface area contributed by atoms with Gasteiger partial charge in [-0.25, -0.2) is 0 Å². The summed E-state index contributed by atoms with van der Waals surface area (Å²) >= 11 is 1.55. The highest BCUT2D eigenvalue weighted by atomic mass is 32.1. The van der Waals surface area contributed by atoms with Crippen LogP contribution >= 0.6 is 11.3 Å². The third-order valence-electron chi connectivity index (χ3n) is 2.53. The molecule has 6 heteroatoms. The molecule has 0 bridgehead atoms. The Morgan fingerprint density at radius 2 is 2.19 bits per heavy atom. The van der Waals surface area contributed by atoms with Crippen LogP contribution in [0.15, 0.2) is 29.6 Å². The van der Waals surface area contributed by atoms with Crippen LogP contribution in [-0.2, 0) is 0 Å². The van der Waals surface area contributed by atoms with E-state index in [9.17, 15) is 12.9 Å². The van der Waals surface area contributed by atoms with E-state index in [1.807, 2.05) is 24.4 Å². The van der Waals surface area contributed by atoms with Gasteiger partial charge in [0.1, 0.15) is 0 Å². The fraction of sp³-hybridized carbons (Fsp3) is 0.400. The molecule has 16 heavy (non-hydrogen) atoms. The van der Waals surface area contributed by atoms with E-state index in [0.29, 0.717) is 0 Å². The standard InChI is InChI=1S/C10H14BF3NS/c1-8(11(12,13)14)7-15(3)9(2)10-5-4-6-16-10/h4-6,9H,1,7H2,2-3H3/q-1. The van der Waals surface area contributed by atoms with Gasteiger partial charge < -0.3 is 12.9 Å². The quantitative estimate of drug-likeness (QED) is 0.718. The molecule has 0 aliphatic carbocycles. The largest absolute Gasteiger partial charge is 0.506 e. The summed E-state index contributed by atoms with van der Waals surface area (Å²) in [6.07, 6.45) is 0. The Hall–Kier alpha value is -0.745. The second kappa shape index (κ2) is 5.06. The number of halogens is 3. The van der Waals surface area contributed by atoms with Crippen LogP contribution in [-0.4, -0.2) is 25.5 Å². The van der Waals surface area contributed by atoms with Gasteiger partial charge in [0.2, 0.25) is 0 Å². The van der Waals surface area contributed by atoms with E-state index in [1.165, 1.54) is 0 Å². The first kappa shape index (κ1) is 13.3. The van der Waals surface area contributed by atoms with Crippen molar-refractivity contribution in [2.24, 2.45) is 0 Å². The molecule has 1 heterocycles. The van der Waals surface area contributed by atoms with Gasteiger partial charge in [-0.05, 0) is 32.0 Å². The molecule has 0 fully saturated rings. The molecular formula is C10H14BF3NS-. The Balaban J connectivity index is 2.59. The lowest BCUT2D eigenvalue weighted by Crippen LogP contribution is -2.31. The maximum Gasteiger partial charge on any atom is 0.506 e. The smallest absolute Gasteiger partial charge is 0.445 e. The summed E-state index contributed by atoms with van der Waals surface area (Å²) in [5, 5.41) is 1.92. The van der Waals surface area contributed by atoms with Crippen LogP contribution in [0, 0.1) is 0 Å². The van der Waals surface area contributed by atoms with E-state index >= 15 is 0 Å². The third kappa shape index (κ3) is 3.38. The second-order valence-corrected chi connectivity index (χ2v) is 4.82. The van der Waals surface area contributed by atoms with Gasteiger partial charge in [-0.1, -0.05) is 6.07 Å². The first-order valence-corrected chi connectivity index (χ1v) is 5.81. The highest BCUT2D eigenvalue weighted by Crippen LogP contribution is 2.26. The van der Waals surface area contributed by atoms with Crippen LogP contribution in [0.5, 0.6) is 0 Å². The maximum atomic E-state index is 12.4. The van der Waals surface area contributed by atoms with Crippen molar-refractivity contribution in [3.63, 3.8) is 0 Å². The van der Waals surface area contributed by atoms with Crippen LogP contribution in [0.25, 0.3) is 0 Å². The molecule has 90 valence electrons. The minimum Gasteiger partial charge on any atom is -0.445 e. The Labute approximate surface area is 97.6 Å². The molecule has 1 rings (SSSR count). The summed E-state index contributed by atoms with van der Waals surface area (Å²) in [5.74, 6) is 0. The van der Waals surface area contributed by atoms with Gasteiger partial charge in [-0.2, -0.15) is 0 Å². The van der Waals surface area contributed by atoms with E-state index in [0.717, 1.165) is 4.88 Å². The third-order valence-corrected chi connectivity index (χ3v) is 3.57. The molecule has 0 N–H and O–H groups in total. The van der Waals surface area contributed by atoms with Crippen LogP contribution < -0.4 is 0 Å². The zero-order valence-corrected chi connectivity index (χ0v) is 10.1. The molecule has 0 aliphatic rings. The molecule has 1 nitrogen and oxygen atoms in total. The zero-order valence-electron chi connectivity index (χ0n) is 9.29. The van der Waals surface area contributed by atoms with E-state index in [4.69, 9.17) is 0 Å². The van der Waals surface area contributed by atoms with E-state index in [-0.39, 0.29) is 12.6 Å². The molecule has 0 radical (unpaired) electrons. The number of rotatable bonds is 5. The fourth-order valence-corrected chi connectivity index (χ4v) is 2.16. The van der Waals surface area contributed by atoms with Gasteiger partial charge in [-0.15, -0.1) is 23.4 Å². The number of hydrogen-bond acceptors (Lipinski definition) is 2. The first-order valence-electron chi connectivity index (χ1n) is 4.93. The summed E-state index contributed by atoms with van der Waals surface area (Å²) in [7, 11) is 1.68. The molecule has 0 spiro atoms. The number of hydrogen-bond donors (Lipinski definition) is 0. The molecule has 1 atom stereocenters. The highest BCUT2D eigenvalue weighted by molar-refractivity contribution is 7.10. The fourth-order valence-electron chi connectivity index (χ4n) is 1.31. The maximum absolute atomic E-state index is 12.4. The predicted molar refractivity (Wildman–Crippen MR) is 63.6 cm³/mol. The lowest BCUT2D eigenvalue weighted by Gasteiger charge is -2.28. The summed E-state index contributed by atoms with van der Waals surface area (Å²) in [5.41, 5.74) is -0.647. The van der Waals surface area contributed by atoms with Crippen molar-refractivity contribution in [3.05, 3.63) is 34.4 Å². The van der Waals surface area contributed by atoms with Crippen molar-refractivity contribution in [2.45, 2.75) is 13.0 Å². The van der Waals surface area contributed by atoms with Gasteiger partial charge >= 0.3 is 6.98 Å². The van der Waals surface area contributed by atoms with Crippen LogP contribution in [0.3, 0.4) is 0 Å². The molecule has 1 aromatic heterocycles. The van der Waals surface area contributed by atoms with Crippen LogP contribution in [0.1, 0.15) is 17.8 Å². The Morgan fingerprint density at radius 3 is 2.62 bits per heavy atom. The van der Waals surface area contributed by atoms with Gasteiger partial charge in [0, 0.05) is 10.9 Å². The molecule has 0 amide bonds. The van der Waals surface area contributed by atoms with Crippen LogP contribution in [0.4, 0.5) is 12.9 Å². The highest BCUT2D eigenvalue weighted by Gasteiger charge is 2.28. The molecule has 0 aliphatic heterocycles. The van der Waals surface area contributed by atoms with E-state index in [2.05, 4.69) is 6.58 Å².